The van der Waals surface area contributed by atoms with E-state index in [1.807, 2.05) is 0 Å². The van der Waals surface area contributed by atoms with Crippen LogP contribution in [0.4, 0.5) is 13.2 Å². The van der Waals surface area contributed by atoms with Gasteiger partial charge in [0.05, 0.1) is 10.4 Å². The minimum Gasteiger partial charge on any atom is -0.483 e. The normalized spacial score (nSPS) is 21.8. The molecule has 1 aromatic rings. The highest BCUT2D eigenvalue weighted by atomic mass is 79.9. The lowest BCUT2D eigenvalue weighted by Crippen LogP contribution is -2.43. The first-order chi connectivity index (χ1) is 10.8. The molecule has 0 aromatic heterocycles. The zero-order valence-electron chi connectivity index (χ0n) is 12.1. The zero-order valence-corrected chi connectivity index (χ0v) is 14.5. The van der Waals surface area contributed by atoms with Gasteiger partial charge in [-0.3, -0.25) is 4.79 Å². The second-order valence-electron chi connectivity index (χ2n) is 5.53. The highest BCUT2D eigenvalue weighted by Crippen LogP contribution is 2.37. The number of carbonyl (C=O) groups is 1. The van der Waals surface area contributed by atoms with Gasteiger partial charge in [0.2, 0.25) is 0 Å². The van der Waals surface area contributed by atoms with Crippen LogP contribution in [0.2, 0.25) is 5.02 Å². The topological polar surface area (TPSA) is 38.3 Å². The third-order valence-corrected chi connectivity index (χ3v) is 4.61. The Labute approximate surface area is 145 Å². The molecule has 1 aliphatic carbocycles. The molecule has 0 bridgehead atoms. The number of benzene rings is 1. The maximum atomic E-state index is 12.7. The fourth-order valence-corrected chi connectivity index (χ4v) is 3.42. The predicted molar refractivity (Wildman–Crippen MR) is 84.6 cm³/mol. The Morgan fingerprint density at radius 1 is 1.39 bits per heavy atom. The maximum Gasteiger partial charge on any atom is 0.391 e. The second kappa shape index (κ2) is 7.75. The summed E-state index contributed by atoms with van der Waals surface area (Å²) in [6.07, 6.45) is -3.13. The van der Waals surface area contributed by atoms with E-state index in [0.29, 0.717) is 28.1 Å². The van der Waals surface area contributed by atoms with E-state index in [2.05, 4.69) is 21.2 Å². The summed E-state index contributed by atoms with van der Waals surface area (Å²) in [6.45, 7) is -0.257. The highest BCUT2D eigenvalue weighted by molar-refractivity contribution is 9.10. The van der Waals surface area contributed by atoms with Crippen molar-refractivity contribution in [2.45, 2.75) is 37.9 Å². The number of halogens is 5. The van der Waals surface area contributed by atoms with E-state index in [1.54, 1.807) is 18.2 Å². The summed E-state index contributed by atoms with van der Waals surface area (Å²) in [5.74, 6) is -1.33. The van der Waals surface area contributed by atoms with Crippen molar-refractivity contribution in [1.29, 1.82) is 0 Å². The molecule has 1 fully saturated rings. The van der Waals surface area contributed by atoms with E-state index in [4.69, 9.17) is 16.3 Å². The second-order valence-corrected chi connectivity index (χ2v) is 6.82. The van der Waals surface area contributed by atoms with Crippen LogP contribution in [0, 0.1) is 5.92 Å². The van der Waals surface area contributed by atoms with Crippen LogP contribution in [0.15, 0.2) is 22.7 Å². The summed E-state index contributed by atoms with van der Waals surface area (Å²) in [5, 5.41) is 3.14. The summed E-state index contributed by atoms with van der Waals surface area (Å²) in [5.41, 5.74) is 0. The van der Waals surface area contributed by atoms with Crippen molar-refractivity contribution in [3.63, 3.8) is 0 Å². The standard InChI is InChI=1S/C15H16BrClF3NO2/c16-12-7-10(17)4-5-13(12)23-8-14(22)21-11-3-1-2-9(6-11)15(18,19)20/h4-5,7,9,11H,1-3,6,8H2,(H,21,22). The number of nitrogens with one attached hydrogen (secondary N) is 1. The van der Waals surface area contributed by atoms with Crippen LogP contribution < -0.4 is 10.1 Å². The largest absolute Gasteiger partial charge is 0.483 e. The fraction of sp³-hybridized carbons (Fsp3) is 0.533. The van der Waals surface area contributed by atoms with Gasteiger partial charge in [0.15, 0.2) is 6.61 Å². The van der Waals surface area contributed by atoms with E-state index < -0.39 is 24.0 Å². The molecule has 2 rings (SSSR count). The lowest BCUT2D eigenvalue weighted by atomic mass is 9.85. The van der Waals surface area contributed by atoms with Gasteiger partial charge in [0.1, 0.15) is 5.75 Å². The van der Waals surface area contributed by atoms with Crippen LogP contribution in [-0.2, 0) is 4.79 Å². The Morgan fingerprint density at radius 2 is 2.13 bits per heavy atom. The quantitative estimate of drug-likeness (QED) is 0.774. The monoisotopic (exact) mass is 413 g/mol. The van der Waals surface area contributed by atoms with Gasteiger partial charge in [0.25, 0.3) is 5.91 Å². The van der Waals surface area contributed by atoms with Crippen LogP contribution in [0.3, 0.4) is 0 Å². The molecule has 1 amide bonds. The van der Waals surface area contributed by atoms with Crippen LogP contribution in [0.1, 0.15) is 25.7 Å². The predicted octanol–water partition coefficient (Wildman–Crippen LogP) is 4.72. The molecule has 2 unspecified atom stereocenters. The van der Waals surface area contributed by atoms with Crippen molar-refractivity contribution in [3.05, 3.63) is 27.7 Å². The van der Waals surface area contributed by atoms with Gasteiger partial charge in [-0.2, -0.15) is 13.2 Å². The lowest BCUT2D eigenvalue weighted by Gasteiger charge is -2.31. The molecule has 1 aromatic carbocycles. The van der Waals surface area contributed by atoms with Crippen molar-refractivity contribution < 1.29 is 22.7 Å². The summed E-state index contributed by atoms with van der Waals surface area (Å²) in [4.78, 5) is 11.9. The number of alkyl halides is 3. The van der Waals surface area contributed by atoms with Gasteiger partial charge in [-0.1, -0.05) is 18.0 Å². The van der Waals surface area contributed by atoms with E-state index in [1.165, 1.54) is 0 Å². The van der Waals surface area contributed by atoms with E-state index in [-0.39, 0.29) is 19.4 Å². The van der Waals surface area contributed by atoms with Crippen molar-refractivity contribution in [1.82, 2.24) is 5.32 Å². The van der Waals surface area contributed by atoms with E-state index >= 15 is 0 Å². The van der Waals surface area contributed by atoms with Gasteiger partial charge in [0, 0.05) is 11.1 Å². The molecular weight excluding hydrogens is 399 g/mol. The summed E-state index contributed by atoms with van der Waals surface area (Å²) in [7, 11) is 0. The Bertz CT molecular complexity index is 568. The first-order valence-electron chi connectivity index (χ1n) is 7.19. The number of hydrogen-bond donors (Lipinski definition) is 1. The third kappa shape index (κ3) is 5.57. The molecule has 2 atom stereocenters. The van der Waals surface area contributed by atoms with Crippen molar-refractivity contribution >= 4 is 33.4 Å². The van der Waals surface area contributed by atoms with Crippen molar-refractivity contribution in [2.24, 2.45) is 5.92 Å². The number of carbonyl (C=O) groups excluding carboxylic acids is 1. The van der Waals surface area contributed by atoms with Gasteiger partial charge in [-0.25, -0.2) is 0 Å². The smallest absolute Gasteiger partial charge is 0.391 e. The highest BCUT2D eigenvalue weighted by Gasteiger charge is 2.42. The molecule has 0 spiro atoms. The Balaban J connectivity index is 1.82. The minimum absolute atomic E-state index is 0.0696. The van der Waals surface area contributed by atoms with E-state index in [9.17, 15) is 18.0 Å². The summed E-state index contributed by atoms with van der Waals surface area (Å²) in [6, 6.07) is 4.40. The van der Waals surface area contributed by atoms with Crippen molar-refractivity contribution in [3.8, 4) is 5.75 Å². The number of ether oxygens (including phenoxy) is 1. The molecule has 0 heterocycles. The Morgan fingerprint density at radius 3 is 2.78 bits per heavy atom. The molecule has 3 nitrogen and oxygen atoms in total. The first-order valence-corrected chi connectivity index (χ1v) is 8.36. The van der Waals surface area contributed by atoms with Gasteiger partial charge in [-0.05, 0) is 53.4 Å². The third-order valence-electron chi connectivity index (χ3n) is 3.75. The van der Waals surface area contributed by atoms with Crippen LogP contribution in [0.25, 0.3) is 0 Å². The molecular formula is C15H16BrClF3NO2. The molecule has 1 saturated carbocycles. The van der Waals surface area contributed by atoms with Crippen molar-refractivity contribution in [2.75, 3.05) is 6.61 Å². The minimum atomic E-state index is -4.20. The first kappa shape index (κ1) is 18.4. The van der Waals surface area contributed by atoms with Gasteiger partial charge >= 0.3 is 6.18 Å². The summed E-state index contributed by atoms with van der Waals surface area (Å²) < 4.78 is 44.2. The molecule has 1 N–H and O–H groups in total. The number of amides is 1. The van der Waals surface area contributed by atoms with Crippen LogP contribution in [0.5, 0.6) is 5.75 Å². The average Bonchev–Trinajstić information content (AvgIpc) is 2.45. The Kier molecular flexibility index (Phi) is 6.19. The molecule has 0 radical (unpaired) electrons. The lowest BCUT2D eigenvalue weighted by molar-refractivity contribution is -0.184. The molecule has 0 aliphatic heterocycles. The molecule has 128 valence electrons. The average molecular weight is 415 g/mol. The number of rotatable bonds is 4. The molecule has 1 aliphatic rings. The number of hydrogen-bond acceptors (Lipinski definition) is 2. The summed E-state index contributed by atoms with van der Waals surface area (Å²) >= 11 is 9.06. The SMILES string of the molecule is O=C(COc1ccc(Cl)cc1Br)NC1CCCC(C(F)(F)F)C1. The molecule has 8 heteroatoms. The van der Waals surface area contributed by atoms with Gasteiger partial charge < -0.3 is 10.1 Å². The molecule has 23 heavy (non-hydrogen) atoms. The Hall–Kier alpha value is -0.950. The molecule has 0 saturated heterocycles. The van der Waals surface area contributed by atoms with Crippen LogP contribution in [-0.4, -0.2) is 24.7 Å². The van der Waals surface area contributed by atoms with Gasteiger partial charge in [-0.15, -0.1) is 0 Å². The fourth-order valence-electron chi connectivity index (χ4n) is 2.62. The van der Waals surface area contributed by atoms with Crippen LogP contribution >= 0.6 is 27.5 Å². The zero-order chi connectivity index (χ0) is 17.0. The maximum absolute atomic E-state index is 12.7. The van der Waals surface area contributed by atoms with E-state index in [0.717, 1.165) is 0 Å².